The Morgan fingerprint density at radius 1 is 0.545 bits per heavy atom. The van der Waals surface area contributed by atoms with Gasteiger partial charge in [-0.3, -0.25) is 9.59 Å². The standard InChI is InChI=1S/C47H87NO7/c1-6-8-10-12-14-16-18-20-21-22-23-24-25-26-28-30-32-34-36-38-46(50)55-43(41-53-40-39-44(47(51)52)48(3,4)5)42-54-45(49)37-35-33-31-29-27-19-17-15-13-11-9-7-2/h14,16,18,20,43-44H,6-13,15,17,19,21-42H2,1-5H3/b16-14+,20-18+. The van der Waals surface area contributed by atoms with Gasteiger partial charge in [0.15, 0.2) is 6.10 Å². The average Bonchev–Trinajstić information content (AvgIpc) is 3.14. The Morgan fingerprint density at radius 3 is 1.40 bits per heavy atom. The normalized spacial score (nSPS) is 13.1. The molecule has 0 rings (SSSR count). The van der Waals surface area contributed by atoms with Crippen LogP contribution in [0, 0.1) is 0 Å². The van der Waals surface area contributed by atoms with Crippen LogP contribution >= 0.6 is 0 Å². The van der Waals surface area contributed by atoms with E-state index < -0.39 is 18.1 Å². The fourth-order valence-corrected chi connectivity index (χ4v) is 6.77. The predicted octanol–water partition coefficient (Wildman–Crippen LogP) is 11.1. The number of carboxylic acids is 1. The summed E-state index contributed by atoms with van der Waals surface area (Å²) in [5.41, 5.74) is 0. The fourth-order valence-electron chi connectivity index (χ4n) is 6.77. The van der Waals surface area contributed by atoms with E-state index in [1.54, 1.807) is 21.1 Å². The largest absolute Gasteiger partial charge is 0.544 e. The van der Waals surface area contributed by atoms with Gasteiger partial charge in [-0.25, -0.2) is 0 Å². The SMILES string of the molecule is CCCCC/C=C/C=C/CCCCCCCCCCCCC(=O)OC(COCCC(C(=O)[O-])[N+](C)(C)C)COC(=O)CCCCCCCCCCCCCC. The number of quaternary nitrogens is 1. The molecule has 0 aromatic rings. The van der Waals surface area contributed by atoms with Crippen LogP contribution in [0.15, 0.2) is 24.3 Å². The lowest BCUT2D eigenvalue weighted by Gasteiger charge is -2.34. The molecule has 0 aromatic heterocycles. The van der Waals surface area contributed by atoms with Crippen molar-refractivity contribution in [1.82, 2.24) is 0 Å². The van der Waals surface area contributed by atoms with E-state index >= 15 is 0 Å². The number of carbonyl (C=O) groups excluding carboxylic acids is 3. The number of rotatable bonds is 41. The van der Waals surface area contributed by atoms with Crippen molar-refractivity contribution in [2.75, 3.05) is 41.0 Å². The minimum absolute atomic E-state index is 0.0434. The molecule has 55 heavy (non-hydrogen) atoms. The maximum absolute atomic E-state index is 12.7. The van der Waals surface area contributed by atoms with Crippen molar-refractivity contribution in [3.05, 3.63) is 24.3 Å². The summed E-state index contributed by atoms with van der Waals surface area (Å²) in [7, 11) is 5.41. The van der Waals surface area contributed by atoms with Gasteiger partial charge >= 0.3 is 11.9 Å². The maximum atomic E-state index is 12.7. The molecule has 2 unspecified atom stereocenters. The molecule has 0 heterocycles. The van der Waals surface area contributed by atoms with Gasteiger partial charge in [-0.15, -0.1) is 0 Å². The lowest BCUT2D eigenvalue weighted by molar-refractivity contribution is -0.889. The third kappa shape index (κ3) is 37.2. The molecule has 0 fully saturated rings. The molecule has 0 aliphatic heterocycles. The van der Waals surface area contributed by atoms with E-state index in [4.69, 9.17) is 14.2 Å². The van der Waals surface area contributed by atoms with E-state index in [0.717, 1.165) is 38.5 Å². The molecule has 0 N–H and O–H groups in total. The molecule has 0 saturated carbocycles. The number of allylic oxidation sites excluding steroid dienone is 4. The van der Waals surface area contributed by atoms with Crippen molar-refractivity contribution in [2.24, 2.45) is 0 Å². The van der Waals surface area contributed by atoms with Gasteiger partial charge < -0.3 is 28.6 Å². The molecule has 2 atom stereocenters. The predicted molar refractivity (Wildman–Crippen MR) is 227 cm³/mol. The van der Waals surface area contributed by atoms with Gasteiger partial charge in [-0.1, -0.05) is 173 Å². The minimum Gasteiger partial charge on any atom is -0.544 e. The first-order valence-corrected chi connectivity index (χ1v) is 22.9. The van der Waals surface area contributed by atoms with Crippen molar-refractivity contribution in [2.45, 2.75) is 219 Å². The number of hydrogen-bond donors (Lipinski definition) is 0. The van der Waals surface area contributed by atoms with Gasteiger partial charge in [0.2, 0.25) is 0 Å². The number of nitrogens with zero attached hydrogens (tertiary/aromatic N) is 1. The molecule has 0 aromatic carbocycles. The zero-order chi connectivity index (χ0) is 40.7. The number of esters is 2. The van der Waals surface area contributed by atoms with Gasteiger partial charge in [0.25, 0.3) is 0 Å². The minimum atomic E-state index is -1.12. The van der Waals surface area contributed by atoms with Crippen LogP contribution in [0.2, 0.25) is 0 Å². The Hall–Kier alpha value is -2.19. The third-order valence-corrected chi connectivity index (χ3v) is 10.4. The number of unbranched alkanes of at least 4 members (excludes halogenated alkanes) is 24. The Bertz CT molecular complexity index is 957. The molecule has 0 aliphatic carbocycles. The summed E-state index contributed by atoms with van der Waals surface area (Å²) in [6, 6.07) is -0.723. The molecular weight excluding hydrogens is 691 g/mol. The maximum Gasteiger partial charge on any atom is 0.306 e. The van der Waals surface area contributed by atoms with Crippen LogP contribution in [0.3, 0.4) is 0 Å². The number of carbonyl (C=O) groups is 3. The van der Waals surface area contributed by atoms with Crippen molar-refractivity contribution in [1.29, 1.82) is 0 Å². The van der Waals surface area contributed by atoms with E-state index in [1.165, 1.54) is 135 Å². The quantitative estimate of drug-likeness (QED) is 0.0264. The van der Waals surface area contributed by atoms with Crippen molar-refractivity contribution in [3.63, 3.8) is 0 Å². The van der Waals surface area contributed by atoms with Gasteiger partial charge in [-0.2, -0.15) is 0 Å². The summed E-state index contributed by atoms with van der Waals surface area (Å²) in [6.07, 6.45) is 41.9. The number of ether oxygens (including phenoxy) is 3. The van der Waals surface area contributed by atoms with Gasteiger partial charge in [0.05, 0.1) is 40.3 Å². The average molecular weight is 778 g/mol. The first-order chi connectivity index (χ1) is 26.6. The van der Waals surface area contributed by atoms with Crippen LogP contribution in [0.25, 0.3) is 0 Å². The summed E-state index contributed by atoms with van der Waals surface area (Å²) in [5.74, 6) is -1.73. The number of aliphatic carboxylic acids is 1. The highest BCUT2D eigenvalue weighted by Gasteiger charge is 2.25. The molecule has 0 amide bonds. The van der Waals surface area contributed by atoms with Gasteiger partial charge in [-0.05, 0) is 38.5 Å². The first-order valence-electron chi connectivity index (χ1n) is 22.9. The van der Waals surface area contributed by atoms with E-state index in [-0.39, 0.29) is 42.7 Å². The van der Waals surface area contributed by atoms with Crippen LogP contribution < -0.4 is 5.11 Å². The number of carboxylic acid groups (broad SMARTS) is 1. The summed E-state index contributed by atoms with van der Waals surface area (Å²) < 4.78 is 17.2. The second-order valence-electron chi connectivity index (χ2n) is 16.7. The highest BCUT2D eigenvalue weighted by Crippen LogP contribution is 2.15. The second-order valence-corrected chi connectivity index (χ2v) is 16.7. The topological polar surface area (TPSA) is 102 Å². The molecule has 0 aliphatic rings. The zero-order valence-corrected chi connectivity index (χ0v) is 36.6. The van der Waals surface area contributed by atoms with Crippen LogP contribution in [0.1, 0.15) is 206 Å². The Kier molecular flexibility index (Phi) is 37.1. The van der Waals surface area contributed by atoms with Crippen molar-refractivity contribution in [3.8, 4) is 0 Å². The number of hydrogen-bond acceptors (Lipinski definition) is 7. The van der Waals surface area contributed by atoms with E-state index in [0.29, 0.717) is 12.8 Å². The van der Waals surface area contributed by atoms with Crippen LogP contribution in [0.4, 0.5) is 0 Å². The van der Waals surface area contributed by atoms with Crippen molar-refractivity contribution < 1.29 is 38.2 Å². The second kappa shape index (κ2) is 38.7. The van der Waals surface area contributed by atoms with Gasteiger partial charge in [0, 0.05) is 19.3 Å². The molecule has 0 radical (unpaired) electrons. The summed E-state index contributed by atoms with van der Waals surface area (Å²) in [6.45, 7) is 4.64. The summed E-state index contributed by atoms with van der Waals surface area (Å²) >= 11 is 0. The molecule has 8 nitrogen and oxygen atoms in total. The Morgan fingerprint density at radius 2 is 0.945 bits per heavy atom. The summed E-state index contributed by atoms with van der Waals surface area (Å²) in [4.78, 5) is 36.8. The van der Waals surface area contributed by atoms with Crippen LogP contribution in [-0.4, -0.2) is 75.5 Å². The molecule has 0 saturated heterocycles. The lowest BCUT2D eigenvalue weighted by atomic mass is 10.0. The highest BCUT2D eigenvalue weighted by molar-refractivity contribution is 5.70. The van der Waals surface area contributed by atoms with E-state index in [1.807, 2.05) is 0 Å². The number of likely N-dealkylation sites (N-methyl/N-ethyl adjacent to an activating group) is 1. The molecular formula is C47H87NO7. The first kappa shape index (κ1) is 52.8. The smallest absolute Gasteiger partial charge is 0.306 e. The van der Waals surface area contributed by atoms with Crippen molar-refractivity contribution >= 4 is 17.9 Å². The van der Waals surface area contributed by atoms with Gasteiger partial charge in [0.1, 0.15) is 12.6 Å². The zero-order valence-electron chi connectivity index (χ0n) is 36.6. The fraction of sp³-hybridized carbons (Fsp3) is 0.851. The van der Waals surface area contributed by atoms with Crippen LogP contribution in [0.5, 0.6) is 0 Å². The summed E-state index contributed by atoms with van der Waals surface area (Å²) in [5, 5.41) is 11.6. The van der Waals surface area contributed by atoms with E-state index in [2.05, 4.69) is 38.2 Å². The molecule has 8 heteroatoms. The molecule has 0 spiro atoms. The monoisotopic (exact) mass is 778 g/mol. The molecule has 322 valence electrons. The Labute approximate surface area is 339 Å². The third-order valence-electron chi connectivity index (χ3n) is 10.4. The van der Waals surface area contributed by atoms with Crippen LogP contribution in [-0.2, 0) is 28.6 Å². The molecule has 0 bridgehead atoms. The Balaban J connectivity index is 4.28. The lowest BCUT2D eigenvalue weighted by Crippen LogP contribution is -2.55. The van der Waals surface area contributed by atoms with E-state index in [9.17, 15) is 19.5 Å². The highest BCUT2D eigenvalue weighted by atomic mass is 16.6.